The predicted molar refractivity (Wildman–Crippen MR) is 125 cm³/mol. The number of likely N-dealkylation sites (N-methyl/N-ethyl adjacent to an activating group) is 1. The number of aromatic hydroxyl groups is 1. The summed E-state index contributed by atoms with van der Waals surface area (Å²) in [5, 5.41) is 33.5. The Balaban J connectivity index is 1.72. The maximum Gasteiger partial charge on any atom is 0.252 e. The van der Waals surface area contributed by atoms with Crippen LogP contribution in [-0.2, 0) is 16.0 Å². The smallest absolute Gasteiger partial charge is 0.252 e. The van der Waals surface area contributed by atoms with Gasteiger partial charge in [0.2, 0.25) is 5.78 Å². The number of carbonyl (C=O) groups excluding carboxylic acids is 4. The van der Waals surface area contributed by atoms with E-state index in [0.717, 1.165) is 0 Å². The van der Waals surface area contributed by atoms with E-state index in [1.807, 2.05) is 0 Å². The minimum absolute atomic E-state index is 0.112. The van der Waals surface area contributed by atoms with Crippen molar-refractivity contribution in [2.24, 2.45) is 17.6 Å². The number of aldehydes is 1. The van der Waals surface area contributed by atoms with Crippen molar-refractivity contribution in [3.05, 3.63) is 64.1 Å². The minimum Gasteiger partial charge on any atom is -0.508 e. The first kappa shape index (κ1) is 23.7. The van der Waals surface area contributed by atoms with Crippen molar-refractivity contribution >= 4 is 23.8 Å². The lowest BCUT2D eigenvalue weighted by atomic mass is 9.59. The highest BCUT2D eigenvalue weighted by atomic mass is 16.3. The average Bonchev–Trinajstić information content (AvgIpc) is 3.29. The molecule has 0 aliphatic heterocycles. The lowest BCUT2D eigenvalue weighted by Gasteiger charge is -2.49. The quantitative estimate of drug-likeness (QED) is 0.363. The lowest BCUT2D eigenvalue weighted by molar-refractivity contribution is -0.146. The third-order valence-corrected chi connectivity index (χ3v) is 7.58. The summed E-state index contributed by atoms with van der Waals surface area (Å²) in [6.07, 6.45) is 3.64. The number of hydrogen-bond acceptors (Lipinski definition) is 9. The van der Waals surface area contributed by atoms with Crippen LogP contribution in [0.1, 0.15) is 32.7 Å². The topological polar surface area (TPSA) is 171 Å². The van der Waals surface area contributed by atoms with Gasteiger partial charge < -0.3 is 30.4 Å². The number of amides is 1. The Morgan fingerprint density at radius 1 is 1.22 bits per heavy atom. The zero-order valence-electron chi connectivity index (χ0n) is 19.5. The first-order chi connectivity index (χ1) is 17.0. The van der Waals surface area contributed by atoms with Gasteiger partial charge in [0.05, 0.1) is 23.0 Å². The van der Waals surface area contributed by atoms with Crippen LogP contribution in [0.15, 0.2) is 51.9 Å². The molecule has 10 nitrogen and oxygen atoms in total. The third-order valence-electron chi connectivity index (χ3n) is 7.58. The number of phenolic OH excluding ortho intramolecular Hbond substituents is 1. The van der Waals surface area contributed by atoms with Gasteiger partial charge in [0.1, 0.15) is 17.3 Å². The fourth-order valence-electron chi connectivity index (χ4n) is 5.91. The van der Waals surface area contributed by atoms with Gasteiger partial charge in [-0.05, 0) is 56.6 Å². The first-order valence-corrected chi connectivity index (χ1v) is 11.3. The van der Waals surface area contributed by atoms with Gasteiger partial charge in [0.15, 0.2) is 17.7 Å². The Hall–Kier alpha value is -4.02. The zero-order valence-corrected chi connectivity index (χ0v) is 19.5. The number of carbonyl (C=O) groups is 4. The van der Waals surface area contributed by atoms with Gasteiger partial charge in [-0.25, -0.2) is 0 Å². The summed E-state index contributed by atoms with van der Waals surface area (Å²) in [5.41, 5.74) is 3.24. The number of fused-ring (bicyclic) bond motifs is 3. The highest BCUT2D eigenvalue weighted by Gasteiger charge is 2.61. The number of aliphatic hydroxyl groups is 2. The van der Waals surface area contributed by atoms with E-state index >= 15 is 0 Å². The molecule has 1 heterocycles. The lowest BCUT2D eigenvalue weighted by Crippen LogP contribution is -2.62. The molecule has 0 bridgehead atoms. The highest BCUT2D eigenvalue weighted by Crippen LogP contribution is 2.52. The third kappa shape index (κ3) is 3.04. The molecule has 5 N–H and O–H groups in total. The second kappa shape index (κ2) is 8.00. The molecule has 10 heteroatoms. The molecule has 1 aromatic carbocycles. The number of primary amides is 1. The van der Waals surface area contributed by atoms with Crippen molar-refractivity contribution in [2.75, 3.05) is 14.1 Å². The number of phenols is 1. The van der Waals surface area contributed by atoms with Gasteiger partial charge in [-0.15, -0.1) is 0 Å². The summed E-state index contributed by atoms with van der Waals surface area (Å²) in [7, 11) is 3.39. The first-order valence-electron chi connectivity index (χ1n) is 11.3. The molecule has 0 saturated heterocycles. The molecular weight excluding hydrogens is 468 g/mol. The Kier molecular flexibility index (Phi) is 5.27. The number of furan rings is 1. The number of hydrogen-bond donors (Lipinski definition) is 4. The fraction of sp³-hybridized carbons (Fsp3) is 0.308. The number of aliphatic hydroxyl groups excluding tert-OH is 1. The molecule has 0 radical (unpaired) electrons. The van der Waals surface area contributed by atoms with Crippen molar-refractivity contribution < 1.29 is 38.9 Å². The molecule has 1 aromatic heterocycles. The van der Waals surface area contributed by atoms with E-state index in [4.69, 9.17) is 10.2 Å². The van der Waals surface area contributed by atoms with Crippen molar-refractivity contribution in [3.63, 3.8) is 0 Å². The minimum atomic E-state index is -2.54. The predicted octanol–water partition coefficient (Wildman–Crippen LogP) is 1.31. The summed E-state index contributed by atoms with van der Waals surface area (Å²) < 4.78 is 5.51. The molecule has 4 atom stereocenters. The van der Waals surface area contributed by atoms with E-state index in [1.165, 1.54) is 24.5 Å². The van der Waals surface area contributed by atoms with Crippen LogP contribution >= 0.6 is 0 Å². The normalized spacial score (nSPS) is 27.3. The second-order valence-electron chi connectivity index (χ2n) is 9.64. The number of benzene rings is 1. The fourth-order valence-corrected chi connectivity index (χ4v) is 5.91. The number of ketones is 2. The van der Waals surface area contributed by atoms with Crippen LogP contribution in [0.3, 0.4) is 0 Å². The van der Waals surface area contributed by atoms with Crippen molar-refractivity contribution in [1.82, 2.24) is 4.90 Å². The maximum absolute atomic E-state index is 13.7. The van der Waals surface area contributed by atoms with Crippen LogP contribution < -0.4 is 5.73 Å². The van der Waals surface area contributed by atoms with Crippen molar-refractivity contribution in [3.8, 4) is 17.1 Å². The number of rotatable bonds is 4. The van der Waals surface area contributed by atoms with Gasteiger partial charge in [0.25, 0.3) is 5.91 Å². The van der Waals surface area contributed by atoms with Gasteiger partial charge in [-0.3, -0.25) is 19.2 Å². The monoisotopic (exact) mass is 492 g/mol. The molecule has 5 rings (SSSR count). The highest BCUT2D eigenvalue weighted by molar-refractivity contribution is 6.24. The Morgan fingerprint density at radius 3 is 2.58 bits per heavy atom. The van der Waals surface area contributed by atoms with Crippen LogP contribution in [0, 0.1) is 11.8 Å². The standard InChI is InChI=1S/C26H24N2O8/c1-28(2)17-9-15(25(27)34)23(32)26(35)16(17)8-12-7-14-13(22-11(10-29)5-6-36-22)3-4-18(30)20(14)21(31)19(12)24(26)33/h3-6,9-10,12,16-17,30,33,35H,7-8H2,1-2H3,(H2,27,34)/t12-,16-,17+,26+/m0/s1. The summed E-state index contributed by atoms with van der Waals surface area (Å²) in [6.45, 7) is 0. The SMILES string of the molecule is CN(C)[C@@H]1C=C(C(N)=O)C(=O)[C@@]2(O)C(O)=C3C(=O)c4c(O)ccc(-c5occc5C=O)c4C[C@H]3C[C@@H]12. The maximum atomic E-state index is 13.7. The number of nitrogens with two attached hydrogens (primary N) is 1. The molecule has 3 aliphatic carbocycles. The van der Waals surface area contributed by atoms with E-state index in [0.29, 0.717) is 17.4 Å². The van der Waals surface area contributed by atoms with Crippen LogP contribution in [-0.4, -0.2) is 69.7 Å². The summed E-state index contributed by atoms with van der Waals surface area (Å²) in [4.78, 5) is 52.1. The van der Waals surface area contributed by atoms with Gasteiger partial charge in [-0.2, -0.15) is 0 Å². The number of nitrogens with zero attached hydrogens (tertiary/aromatic N) is 1. The Labute approximate surface area is 205 Å². The molecule has 36 heavy (non-hydrogen) atoms. The average molecular weight is 492 g/mol. The molecule has 1 amide bonds. The van der Waals surface area contributed by atoms with E-state index in [1.54, 1.807) is 25.1 Å². The Morgan fingerprint density at radius 2 is 1.94 bits per heavy atom. The van der Waals surface area contributed by atoms with E-state index < -0.39 is 52.3 Å². The molecule has 0 unspecified atom stereocenters. The van der Waals surface area contributed by atoms with Crippen LogP contribution in [0.25, 0.3) is 11.3 Å². The molecule has 0 saturated carbocycles. The molecule has 2 aromatic rings. The van der Waals surface area contributed by atoms with Crippen LogP contribution in [0.2, 0.25) is 0 Å². The molecule has 3 aliphatic rings. The van der Waals surface area contributed by atoms with E-state index in [-0.39, 0.29) is 41.1 Å². The summed E-state index contributed by atoms with van der Waals surface area (Å²) >= 11 is 0. The molecule has 186 valence electrons. The van der Waals surface area contributed by atoms with Crippen LogP contribution in [0.5, 0.6) is 5.75 Å². The second-order valence-corrected chi connectivity index (χ2v) is 9.64. The van der Waals surface area contributed by atoms with Crippen LogP contribution in [0.4, 0.5) is 0 Å². The summed E-state index contributed by atoms with van der Waals surface area (Å²) in [5.74, 6) is -5.33. The van der Waals surface area contributed by atoms with Gasteiger partial charge >= 0.3 is 0 Å². The van der Waals surface area contributed by atoms with Crippen molar-refractivity contribution in [2.45, 2.75) is 24.5 Å². The van der Waals surface area contributed by atoms with E-state index in [2.05, 4.69) is 0 Å². The largest absolute Gasteiger partial charge is 0.508 e. The molecule has 0 fully saturated rings. The Bertz CT molecular complexity index is 1410. The van der Waals surface area contributed by atoms with Gasteiger partial charge in [-0.1, -0.05) is 6.08 Å². The van der Waals surface area contributed by atoms with Gasteiger partial charge in [0, 0.05) is 23.1 Å². The zero-order chi connectivity index (χ0) is 26.1. The van der Waals surface area contributed by atoms with E-state index in [9.17, 15) is 34.5 Å². The number of Topliss-reactive ketones (excluding diaryl/α,β-unsaturated/α-hetero) is 2. The molecule has 0 spiro atoms. The van der Waals surface area contributed by atoms with Crippen molar-refractivity contribution in [1.29, 1.82) is 0 Å². The summed E-state index contributed by atoms with van der Waals surface area (Å²) in [6, 6.07) is 3.67. The molecular formula is C26H24N2O8. The number of allylic oxidation sites excluding steroid dienone is 1.